The third kappa shape index (κ3) is 3.75. The van der Waals surface area contributed by atoms with E-state index in [9.17, 15) is 4.79 Å². The lowest BCUT2D eigenvalue weighted by atomic mass is 10.2. The molecule has 1 fully saturated rings. The Morgan fingerprint density at radius 1 is 1.42 bits per heavy atom. The maximum Gasteiger partial charge on any atom is 0.332 e. The smallest absolute Gasteiger partial charge is 0.332 e. The van der Waals surface area contributed by atoms with Crippen LogP contribution in [-0.2, 0) is 9.53 Å². The first-order chi connectivity index (χ1) is 8.97. The predicted molar refractivity (Wildman–Crippen MR) is 75.2 cm³/mol. The molecule has 2 rings (SSSR count). The Kier molecular flexibility index (Phi) is 4.95. The summed E-state index contributed by atoms with van der Waals surface area (Å²) in [5, 5.41) is 9.75. The second-order valence-electron chi connectivity index (χ2n) is 4.17. The summed E-state index contributed by atoms with van der Waals surface area (Å²) < 4.78 is 11.5. The van der Waals surface area contributed by atoms with Gasteiger partial charge >= 0.3 is 5.97 Å². The molecule has 1 N–H and O–H groups in total. The number of ether oxygens (including phenoxy) is 2. The van der Waals surface area contributed by atoms with Gasteiger partial charge in [-0.15, -0.1) is 0 Å². The number of halogens is 3. The second-order valence-corrected chi connectivity index (χ2v) is 5.84. The molecule has 0 saturated carbocycles. The summed E-state index contributed by atoms with van der Waals surface area (Å²) >= 11 is 15.2. The fourth-order valence-corrected chi connectivity index (χ4v) is 2.65. The number of hydrogen-bond donors (Lipinski definition) is 1. The number of hydrogen-bond acceptors (Lipinski definition) is 3. The van der Waals surface area contributed by atoms with Crippen molar-refractivity contribution >= 4 is 45.1 Å². The van der Waals surface area contributed by atoms with Gasteiger partial charge in [0.1, 0.15) is 12.4 Å². The zero-order chi connectivity index (χ0) is 14.0. The van der Waals surface area contributed by atoms with Gasteiger partial charge in [0, 0.05) is 10.5 Å². The Labute approximate surface area is 128 Å². The second kappa shape index (κ2) is 6.31. The van der Waals surface area contributed by atoms with Crippen LogP contribution < -0.4 is 4.74 Å². The third-order valence-corrected chi connectivity index (χ3v) is 4.27. The molecule has 0 aliphatic carbocycles. The van der Waals surface area contributed by atoms with Crippen molar-refractivity contribution in [2.24, 2.45) is 0 Å². The molecule has 1 aliphatic heterocycles. The predicted octanol–water partition coefficient (Wildman–Crippen LogP) is 3.77. The van der Waals surface area contributed by atoms with Crippen molar-refractivity contribution < 1.29 is 19.4 Å². The summed E-state index contributed by atoms with van der Waals surface area (Å²) in [6.45, 7) is 0.251. The van der Waals surface area contributed by atoms with Crippen LogP contribution in [0.3, 0.4) is 0 Å². The molecule has 1 aromatic rings. The van der Waals surface area contributed by atoms with Crippen molar-refractivity contribution in [1.29, 1.82) is 0 Å². The Morgan fingerprint density at radius 3 is 2.79 bits per heavy atom. The Balaban J connectivity index is 1.93. The van der Waals surface area contributed by atoms with Gasteiger partial charge in [-0.2, -0.15) is 0 Å². The molecule has 1 aliphatic rings. The van der Waals surface area contributed by atoms with Gasteiger partial charge in [0.25, 0.3) is 0 Å². The van der Waals surface area contributed by atoms with Crippen LogP contribution in [0.15, 0.2) is 16.6 Å². The van der Waals surface area contributed by atoms with E-state index in [1.54, 1.807) is 12.1 Å². The van der Waals surface area contributed by atoms with E-state index in [1.165, 1.54) is 0 Å². The van der Waals surface area contributed by atoms with E-state index in [4.69, 9.17) is 37.8 Å². The SMILES string of the molecule is O=C(O)C1CCC(COc2cc(Cl)c(Br)cc2Cl)O1. The van der Waals surface area contributed by atoms with Crippen LogP contribution in [-0.4, -0.2) is 29.9 Å². The quantitative estimate of drug-likeness (QED) is 0.821. The Bertz CT molecular complexity index is 495. The highest BCUT2D eigenvalue weighted by Crippen LogP contribution is 2.34. The summed E-state index contributed by atoms with van der Waals surface area (Å²) in [5.74, 6) is -0.482. The molecule has 4 nitrogen and oxygen atoms in total. The molecule has 0 amide bonds. The Hall–Kier alpha value is -0.490. The van der Waals surface area contributed by atoms with Crippen molar-refractivity contribution in [2.45, 2.75) is 25.0 Å². The number of rotatable bonds is 4. The van der Waals surface area contributed by atoms with Crippen LogP contribution in [0.4, 0.5) is 0 Å². The molecule has 0 radical (unpaired) electrons. The molecular weight excluding hydrogens is 359 g/mol. The van der Waals surface area contributed by atoms with Gasteiger partial charge in [0.15, 0.2) is 6.10 Å². The summed E-state index contributed by atoms with van der Waals surface area (Å²) in [4.78, 5) is 10.7. The molecule has 0 spiro atoms. The number of carbonyl (C=O) groups is 1. The van der Waals surface area contributed by atoms with Gasteiger partial charge in [0.05, 0.1) is 16.1 Å². The third-order valence-electron chi connectivity index (χ3n) is 2.78. The lowest BCUT2D eigenvalue weighted by molar-refractivity contribution is -0.149. The summed E-state index contributed by atoms with van der Waals surface area (Å²) in [6.07, 6.45) is 0.175. The van der Waals surface area contributed by atoms with Crippen molar-refractivity contribution in [3.05, 3.63) is 26.7 Å². The van der Waals surface area contributed by atoms with E-state index in [1.807, 2.05) is 0 Å². The van der Waals surface area contributed by atoms with Crippen molar-refractivity contribution in [1.82, 2.24) is 0 Å². The maximum absolute atomic E-state index is 10.7. The highest BCUT2D eigenvalue weighted by Gasteiger charge is 2.30. The summed E-state index contributed by atoms with van der Waals surface area (Å²) in [7, 11) is 0. The monoisotopic (exact) mass is 368 g/mol. The first-order valence-corrected chi connectivity index (χ1v) is 7.18. The van der Waals surface area contributed by atoms with Crippen molar-refractivity contribution in [2.75, 3.05) is 6.61 Å². The van der Waals surface area contributed by atoms with E-state index in [0.717, 1.165) is 0 Å². The van der Waals surface area contributed by atoms with Crippen LogP contribution in [0.2, 0.25) is 10.0 Å². The minimum atomic E-state index is -0.938. The van der Waals surface area contributed by atoms with E-state index >= 15 is 0 Å². The molecule has 0 aromatic heterocycles. The first kappa shape index (κ1) is 14.9. The molecule has 1 heterocycles. The minimum absolute atomic E-state index is 0.236. The van der Waals surface area contributed by atoms with E-state index in [-0.39, 0.29) is 12.7 Å². The topological polar surface area (TPSA) is 55.8 Å². The van der Waals surface area contributed by atoms with Gasteiger partial charge in [-0.1, -0.05) is 23.2 Å². The summed E-state index contributed by atoms with van der Waals surface area (Å²) in [5.41, 5.74) is 0. The molecule has 1 aromatic carbocycles. The molecule has 0 bridgehead atoms. The van der Waals surface area contributed by atoms with Crippen LogP contribution >= 0.6 is 39.1 Å². The molecule has 1 saturated heterocycles. The maximum atomic E-state index is 10.7. The van der Waals surface area contributed by atoms with Gasteiger partial charge in [-0.3, -0.25) is 0 Å². The van der Waals surface area contributed by atoms with Crippen molar-refractivity contribution in [3.63, 3.8) is 0 Å². The average Bonchev–Trinajstić information content (AvgIpc) is 2.81. The normalized spacial score (nSPS) is 22.5. The molecule has 2 unspecified atom stereocenters. The van der Waals surface area contributed by atoms with E-state index in [2.05, 4.69) is 15.9 Å². The average molecular weight is 370 g/mol. The number of benzene rings is 1. The first-order valence-electron chi connectivity index (χ1n) is 5.63. The highest BCUT2D eigenvalue weighted by atomic mass is 79.9. The number of carboxylic acid groups (broad SMARTS) is 1. The lowest BCUT2D eigenvalue weighted by Crippen LogP contribution is -2.23. The van der Waals surface area contributed by atoms with Crippen LogP contribution in [0, 0.1) is 0 Å². The number of aliphatic carboxylic acids is 1. The zero-order valence-corrected chi connectivity index (χ0v) is 12.8. The van der Waals surface area contributed by atoms with Crippen LogP contribution in [0.25, 0.3) is 0 Å². The fourth-order valence-electron chi connectivity index (χ4n) is 1.81. The van der Waals surface area contributed by atoms with Crippen LogP contribution in [0.5, 0.6) is 5.75 Å². The van der Waals surface area contributed by atoms with Gasteiger partial charge in [-0.25, -0.2) is 4.79 Å². The van der Waals surface area contributed by atoms with Gasteiger partial charge in [0.2, 0.25) is 0 Å². The lowest BCUT2D eigenvalue weighted by Gasteiger charge is -2.14. The minimum Gasteiger partial charge on any atom is -0.489 e. The van der Waals surface area contributed by atoms with E-state index in [0.29, 0.717) is 33.1 Å². The largest absolute Gasteiger partial charge is 0.489 e. The summed E-state index contributed by atoms with van der Waals surface area (Å²) in [6, 6.07) is 3.26. The van der Waals surface area contributed by atoms with Gasteiger partial charge < -0.3 is 14.6 Å². The van der Waals surface area contributed by atoms with Gasteiger partial charge in [-0.05, 0) is 34.8 Å². The number of carboxylic acids is 1. The standard InChI is InChI=1S/C12H11BrCl2O4/c13-7-3-9(15)11(4-8(7)14)18-5-6-1-2-10(19-6)12(16)17/h3-4,6,10H,1-2,5H2,(H,16,17). The molecule has 7 heteroatoms. The molecule has 2 atom stereocenters. The highest BCUT2D eigenvalue weighted by molar-refractivity contribution is 9.10. The van der Waals surface area contributed by atoms with Crippen molar-refractivity contribution in [3.8, 4) is 5.75 Å². The zero-order valence-electron chi connectivity index (χ0n) is 9.74. The fraction of sp³-hybridized carbons (Fsp3) is 0.417. The molecule has 19 heavy (non-hydrogen) atoms. The van der Waals surface area contributed by atoms with E-state index < -0.39 is 12.1 Å². The molecular formula is C12H11BrCl2O4. The Morgan fingerprint density at radius 2 is 2.16 bits per heavy atom. The molecule has 104 valence electrons. The van der Waals surface area contributed by atoms with Crippen LogP contribution in [0.1, 0.15) is 12.8 Å².